The molecule has 7 nitrogen and oxygen atoms in total. The number of carbonyl (C=O) groups excluding carboxylic acids is 1. The highest BCUT2D eigenvalue weighted by Crippen LogP contribution is 2.25. The van der Waals surface area contributed by atoms with Gasteiger partial charge in [0.2, 0.25) is 5.76 Å². The van der Waals surface area contributed by atoms with Crippen LogP contribution in [-0.4, -0.2) is 21.6 Å². The number of carboxylic acid groups (broad SMARTS) is 1. The molecule has 0 atom stereocenters. The van der Waals surface area contributed by atoms with Crippen molar-refractivity contribution in [3.8, 4) is 6.07 Å². The second-order valence-electron chi connectivity index (χ2n) is 7.80. The number of amides is 1. The summed E-state index contributed by atoms with van der Waals surface area (Å²) in [6.45, 7) is 4.19. The first-order valence-electron chi connectivity index (χ1n) is 10.3. The number of hydrogen-bond acceptors (Lipinski definition) is 4. The van der Waals surface area contributed by atoms with E-state index in [0.717, 1.165) is 22.0 Å². The number of hydrogen-bond donors (Lipinski definition) is 2. The van der Waals surface area contributed by atoms with E-state index in [9.17, 15) is 14.9 Å². The predicted octanol–water partition coefficient (Wildman–Crippen LogP) is 5.14. The lowest BCUT2D eigenvalue weighted by Crippen LogP contribution is -2.13. The molecular formula is C26H21N3O4. The Morgan fingerprint density at radius 2 is 1.85 bits per heavy atom. The smallest absolute Gasteiger partial charge is 0.371 e. The summed E-state index contributed by atoms with van der Waals surface area (Å²) in [5, 5.41) is 22.4. The number of anilines is 1. The first kappa shape index (κ1) is 21.7. The highest BCUT2D eigenvalue weighted by atomic mass is 16.4. The van der Waals surface area contributed by atoms with Crippen molar-refractivity contribution >= 4 is 34.5 Å². The summed E-state index contributed by atoms with van der Waals surface area (Å²) in [5.41, 5.74) is 4.20. The third-order valence-electron chi connectivity index (χ3n) is 5.16. The van der Waals surface area contributed by atoms with Crippen LogP contribution in [0.5, 0.6) is 0 Å². The highest BCUT2D eigenvalue weighted by Gasteiger charge is 2.15. The van der Waals surface area contributed by atoms with Gasteiger partial charge in [-0.15, -0.1) is 0 Å². The van der Waals surface area contributed by atoms with Gasteiger partial charge in [0.25, 0.3) is 5.91 Å². The van der Waals surface area contributed by atoms with Crippen molar-refractivity contribution in [2.45, 2.75) is 20.4 Å². The number of para-hydroxylation sites is 1. The standard InChI is InChI=1S/C26H21N3O4/c1-16-9-17(2)11-20(10-16)28-25(30)18(13-27)12-19-14-29(23-6-4-3-5-22(19)23)15-21-7-8-24(33-21)26(31)32/h3-12,14H,15H2,1-2H3,(H,28,30)(H,31,32)/b18-12-. The Hall–Kier alpha value is -4.57. The van der Waals surface area contributed by atoms with Crippen molar-refractivity contribution in [2.75, 3.05) is 5.32 Å². The first-order chi connectivity index (χ1) is 15.8. The number of rotatable bonds is 6. The lowest BCUT2D eigenvalue weighted by molar-refractivity contribution is -0.112. The molecule has 4 rings (SSSR count). The van der Waals surface area contributed by atoms with Gasteiger partial charge in [0.05, 0.1) is 6.54 Å². The van der Waals surface area contributed by atoms with Crippen LogP contribution in [0.4, 0.5) is 5.69 Å². The number of fused-ring (bicyclic) bond motifs is 1. The fourth-order valence-corrected chi connectivity index (χ4v) is 3.82. The number of carboxylic acids is 1. The fourth-order valence-electron chi connectivity index (χ4n) is 3.82. The van der Waals surface area contributed by atoms with Crippen molar-refractivity contribution in [3.05, 3.63) is 94.6 Å². The Bertz CT molecular complexity index is 1430. The number of aromatic carboxylic acids is 1. The van der Waals surface area contributed by atoms with Crippen molar-refractivity contribution < 1.29 is 19.1 Å². The van der Waals surface area contributed by atoms with E-state index >= 15 is 0 Å². The SMILES string of the molecule is Cc1cc(C)cc(NC(=O)/C(C#N)=C\c2cn(Cc3ccc(C(=O)O)o3)c3ccccc23)c1. The minimum Gasteiger partial charge on any atom is -0.475 e. The molecule has 33 heavy (non-hydrogen) atoms. The molecule has 0 aliphatic rings. The van der Waals surface area contributed by atoms with E-state index in [4.69, 9.17) is 9.52 Å². The van der Waals surface area contributed by atoms with Gasteiger partial charge in [0, 0.05) is 28.4 Å². The summed E-state index contributed by atoms with van der Waals surface area (Å²) in [6.07, 6.45) is 3.37. The number of nitrogens with zero attached hydrogens (tertiary/aromatic N) is 2. The van der Waals surface area contributed by atoms with Crippen LogP contribution in [0, 0.1) is 25.2 Å². The average molecular weight is 439 g/mol. The third kappa shape index (κ3) is 4.70. The van der Waals surface area contributed by atoms with E-state index in [0.29, 0.717) is 23.6 Å². The van der Waals surface area contributed by atoms with E-state index in [1.165, 1.54) is 6.07 Å². The van der Waals surface area contributed by atoms with Crippen LogP contribution in [0.15, 0.2) is 70.8 Å². The molecule has 0 aliphatic heterocycles. The summed E-state index contributed by atoms with van der Waals surface area (Å²) in [7, 11) is 0. The molecular weight excluding hydrogens is 418 g/mol. The quantitative estimate of drug-likeness (QED) is 0.319. The van der Waals surface area contributed by atoms with Gasteiger partial charge >= 0.3 is 5.97 Å². The monoisotopic (exact) mass is 439 g/mol. The van der Waals surface area contributed by atoms with Crippen LogP contribution in [0.2, 0.25) is 0 Å². The molecule has 4 aromatic rings. The van der Waals surface area contributed by atoms with Crippen molar-refractivity contribution in [1.82, 2.24) is 4.57 Å². The second kappa shape index (κ2) is 8.89. The summed E-state index contributed by atoms with van der Waals surface area (Å²) in [6, 6.07) is 18.3. The van der Waals surface area contributed by atoms with Gasteiger partial charge in [0.1, 0.15) is 17.4 Å². The highest BCUT2D eigenvalue weighted by molar-refractivity contribution is 6.10. The van der Waals surface area contributed by atoms with E-state index in [-0.39, 0.29) is 11.3 Å². The lowest BCUT2D eigenvalue weighted by atomic mass is 10.1. The minimum atomic E-state index is -1.13. The molecule has 0 aliphatic carbocycles. The molecule has 0 radical (unpaired) electrons. The van der Waals surface area contributed by atoms with Crippen molar-refractivity contribution in [2.24, 2.45) is 0 Å². The summed E-state index contributed by atoms with van der Waals surface area (Å²) in [5.74, 6) is -1.26. The third-order valence-corrected chi connectivity index (χ3v) is 5.16. The maximum absolute atomic E-state index is 12.8. The zero-order valence-electron chi connectivity index (χ0n) is 18.1. The number of aryl methyl sites for hydroxylation is 2. The summed E-state index contributed by atoms with van der Waals surface area (Å²) < 4.78 is 7.27. The molecule has 0 saturated heterocycles. The molecule has 1 amide bonds. The molecule has 164 valence electrons. The normalized spacial score (nSPS) is 11.4. The Morgan fingerprint density at radius 3 is 2.52 bits per heavy atom. The van der Waals surface area contributed by atoms with Gasteiger partial charge in [-0.2, -0.15) is 5.26 Å². The lowest BCUT2D eigenvalue weighted by Gasteiger charge is -2.07. The molecule has 2 N–H and O–H groups in total. The summed E-state index contributed by atoms with van der Waals surface area (Å²) >= 11 is 0. The molecule has 2 heterocycles. The number of aromatic nitrogens is 1. The summed E-state index contributed by atoms with van der Waals surface area (Å²) in [4.78, 5) is 23.9. The van der Waals surface area contributed by atoms with Gasteiger partial charge in [-0.25, -0.2) is 4.79 Å². The first-order valence-corrected chi connectivity index (χ1v) is 10.3. The molecule has 7 heteroatoms. The topological polar surface area (TPSA) is 108 Å². The van der Waals surface area contributed by atoms with Gasteiger partial charge < -0.3 is 19.4 Å². The molecule has 0 unspecified atom stereocenters. The van der Waals surface area contributed by atoms with Crippen LogP contribution in [0.3, 0.4) is 0 Å². The Balaban J connectivity index is 1.67. The molecule has 0 bridgehead atoms. The van der Waals surface area contributed by atoms with Gasteiger partial charge in [-0.1, -0.05) is 24.3 Å². The largest absolute Gasteiger partial charge is 0.475 e. The number of benzene rings is 2. The van der Waals surface area contributed by atoms with E-state index < -0.39 is 11.9 Å². The Morgan fingerprint density at radius 1 is 1.12 bits per heavy atom. The average Bonchev–Trinajstić information content (AvgIpc) is 3.37. The van der Waals surface area contributed by atoms with Crippen LogP contribution < -0.4 is 5.32 Å². The fraction of sp³-hybridized carbons (Fsp3) is 0.115. The molecule has 0 spiro atoms. The van der Waals surface area contributed by atoms with Crippen LogP contribution in [-0.2, 0) is 11.3 Å². The van der Waals surface area contributed by atoms with Gasteiger partial charge in [-0.05, 0) is 61.4 Å². The van der Waals surface area contributed by atoms with Crippen LogP contribution in [0.25, 0.3) is 17.0 Å². The zero-order valence-corrected chi connectivity index (χ0v) is 18.1. The molecule has 2 aromatic heterocycles. The second-order valence-corrected chi connectivity index (χ2v) is 7.80. The van der Waals surface area contributed by atoms with Crippen LogP contribution >= 0.6 is 0 Å². The maximum atomic E-state index is 12.8. The van der Waals surface area contributed by atoms with E-state index in [1.807, 2.05) is 73.1 Å². The van der Waals surface area contributed by atoms with E-state index in [2.05, 4.69) is 5.32 Å². The van der Waals surface area contributed by atoms with Gasteiger partial charge in [0.15, 0.2) is 0 Å². The number of furan rings is 1. The Kier molecular flexibility index (Phi) is 5.83. The zero-order chi connectivity index (χ0) is 23.5. The maximum Gasteiger partial charge on any atom is 0.371 e. The van der Waals surface area contributed by atoms with E-state index in [1.54, 1.807) is 12.1 Å². The predicted molar refractivity (Wildman–Crippen MR) is 125 cm³/mol. The molecule has 0 fully saturated rings. The van der Waals surface area contributed by atoms with Crippen LogP contribution in [0.1, 0.15) is 33.0 Å². The number of carbonyl (C=O) groups is 2. The molecule has 0 saturated carbocycles. The van der Waals surface area contributed by atoms with Crippen molar-refractivity contribution in [1.29, 1.82) is 5.26 Å². The number of nitriles is 1. The molecule has 2 aromatic carbocycles. The Labute approximate surface area is 190 Å². The van der Waals surface area contributed by atoms with Crippen molar-refractivity contribution in [3.63, 3.8) is 0 Å². The number of nitrogens with one attached hydrogen (secondary N) is 1. The minimum absolute atomic E-state index is 0.0248. The van der Waals surface area contributed by atoms with Gasteiger partial charge in [-0.3, -0.25) is 4.79 Å².